The van der Waals surface area contributed by atoms with Crippen LogP contribution in [0.25, 0.3) is 11.2 Å². The number of carbonyl (C=O) groups is 1. The van der Waals surface area contributed by atoms with Gasteiger partial charge in [-0.2, -0.15) is 0 Å². The molecule has 3 heterocycles. The minimum Gasteiger partial charge on any atom is -0.465 e. The molecule has 1 fully saturated rings. The maximum atomic E-state index is 12.8. The Morgan fingerprint density at radius 2 is 1.82 bits per heavy atom. The number of ether oxygens (including phenoxy) is 1. The molecule has 28 heavy (non-hydrogen) atoms. The molecule has 0 bridgehead atoms. The van der Waals surface area contributed by atoms with Gasteiger partial charge >= 0.3 is 11.7 Å². The van der Waals surface area contributed by atoms with Crippen molar-refractivity contribution >= 4 is 17.1 Å². The Kier molecular flexibility index (Phi) is 5.74. The summed E-state index contributed by atoms with van der Waals surface area (Å²) in [5.74, 6) is 1.43. The maximum Gasteiger partial charge on any atom is 0.332 e. The zero-order valence-corrected chi connectivity index (χ0v) is 17.3. The second-order valence-electron chi connectivity index (χ2n) is 8.08. The van der Waals surface area contributed by atoms with E-state index >= 15 is 0 Å². The number of imidazole rings is 1. The van der Waals surface area contributed by atoms with Crippen LogP contribution in [0.4, 0.5) is 0 Å². The molecule has 2 aromatic heterocycles. The Morgan fingerprint density at radius 1 is 1.18 bits per heavy atom. The number of piperidine rings is 1. The van der Waals surface area contributed by atoms with E-state index in [1.54, 1.807) is 18.5 Å². The van der Waals surface area contributed by atoms with Gasteiger partial charge in [0.1, 0.15) is 13.1 Å². The summed E-state index contributed by atoms with van der Waals surface area (Å²) in [6, 6.07) is 0. The molecule has 0 amide bonds. The average Bonchev–Trinajstić information content (AvgIpc) is 2.95. The number of esters is 1. The van der Waals surface area contributed by atoms with Crippen molar-refractivity contribution in [3.63, 3.8) is 0 Å². The van der Waals surface area contributed by atoms with Gasteiger partial charge in [-0.3, -0.25) is 18.7 Å². The van der Waals surface area contributed by atoms with Gasteiger partial charge in [0.25, 0.3) is 5.56 Å². The minimum absolute atomic E-state index is 0.0918. The molecule has 0 aliphatic carbocycles. The Morgan fingerprint density at radius 3 is 2.43 bits per heavy atom. The van der Waals surface area contributed by atoms with Gasteiger partial charge in [0, 0.05) is 25.9 Å². The Hall–Kier alpha value is -2.42. The van der Waals surface area contributed by atoms with Crippen LogP contribution in [-0.2, 0) is 36.7 Å². The van der Waals surface area contributed by atoms with Crippen molar-refractivity contribution in [2.75, 3.05) is 19.7 Å². The van der Waals surface area contributed by atoms with E-state index in [9.17, 15) is 14.4 Å². The fourth-order valence-corrected chi connectivity index (χ4v) is 4.42. The molecular weight excluding hydrogens is 362 g/mol. The first-order valence-electron chi connectivity index (χ1n) is 9.87. The third-order valence-corrected chi connectivity index (χ3v) is 5.51. The number of likely N-dealkylation sites (tertiary alicyclic amines) is 1. The average molecular weight is 392 g/mol. The van der Waals surface area contributed by atoms with Crippen molar-refractivity contribution in [1.82, 2.24) is 18.7 Å². The Labute approximate surface area is 163 Å². The molecule has 0 unspecified atom stereocenters. The highest BCUT2D eigenvalue weighted by Gasteiger charge is 2.28. The van der Waals surface area contributed by atoms with Crippen LogP contribution in [0.1, 0.15) is 33.0 Å². The number of aryl methyl sites for hydroxylation is 1. The standard InChI is InChI=1S/C19H29N5O4/c1-6-28-15(25)11-24-14(10-23-8-12(2)7-13(3)9-23)20-17-16(24)18(26)22(5)19(27)21(17)4/h12-13H,6-11H2,1-5H3/p+1/t12-,13-/m0/s1. The van der Waals surface area contributed by atoms with E-state index in [4.69, 9.17) is 4.74 Å². The van der Waals surface area contributed by atoms with E-state index in [-0.39, 0.29) is 18.7 Å². The largest absolute Gasteiger partial charge is 0.465 e. The molecule has 0 saturated carbocycles. The molecule has 9 heteroatoms. The first kappa shape index (κ1) is 20.3. The van der Waals surface area contributed by atoms with Crippen LogP contribution in [-0.4, -0.2) is 44.4 Å². The number of aromatic nitrogens is 4. The third-order valence-electron chi connectivity index (χ3n) is 5.51. The Bertz CT molecular complexity index is 992. The van der Waals surface area contributed by atoms with Crippen molar-refractivity contribution in [3.8, 4) is 0 Å². The van der Waals surface area contributed by atoms with Crippen LogP contribution in [0.3, 0.4) is 0 Å². The molecule has 9 nitrogen and oxygen atoms in total. The Balaban J connectivity index is 2.11. The van der Waals surface area contributed by atoms with Crippen LogP contribution < -0.4 is 16.1 Å². The second-order valence-corrected chi connectivity index (χ2v) is 8.08. The van der Waals surface area contributed by atoms with Crippen LogP contribution in [0.15, 0.2) is 9.59 Å². The summed E-state index contributed by atoms with van der Waals surface area (Å²) in [5, 5.41) is 0. The maximum absolute atomic E-state index is 12.8. The number of fused-ring (bicyclic) bond motifs is 1. The summed E-state index contributed by atoms with van der Waals surface area (Å²) in [6.45, 7) is 9.05. The first-order chi connectivity index (χ1) is 13.2. The van der Waals surface area contributed by atoms with E-state index in [0.29, 0.717) is 29.9 Å². The number of hydrogen-bond donors (Lipinski definition) is 1. The van der Waals surface area contributed by atoms with Crippen molar-refractivity contribution in [2.45, 2.75) is 40.3 Å². The molecule has 1 N–H and O–H groups in total. The van der Waals surface area contributed by atoms with E-state index in [2.05, 4.69) is 18.8 Å². The molecule has 3 rings (SSSR count). The van der Waals surface area contributed by atoms with Gasteiger partial charge in [-0.1, -0.05) is 13.8 Å². The predicted octanol–water partition coefficient (Wildman–Crippen LogP) is -0.942. The quantitative estimate of drug-likeness (QED) is 0.663. The van der Waals surface area contributed by atoms with Crippen molar-refractivity contribution in [3.05, 3.63) is 26.7 Å². The van der Waals surface area contributed by atoms with Crippen LogP contribution >= 0.6 is 0 Å². The van der Waals surface area contributed by atoms with Gasteiger partial charge in [-0.15, -0.1) is 0 Å². The molecule has 1 aliphatic rings. The highest BCUT2D eigenvalue weighted by Crippen LogP contribution is 2.14. The highest BCUT2D eigenvalue weighted by atomic mass is 16.5. The second kappa shape index (κ2) is 7.90. The fourth-order valence-electron chi connectivity index (χ4n) is 4.42. The molecule has 0 aromatic carbocycles. The first-order valence-corrected chi connectivity index (χ1v) is 9.87. The van der Waals surface area contributed by atoms with E-state index in [1.165, 1.54) is 22.9 Å². The molecule has 1 aliphatic heterocycles. The molecule has 0 radical (unpaired) electrons. The van der Waals surface area contributed by atoms with Gasteiger partial charge in [-0.05, 0) is 13.3 Å². The van der Waals surface area contributed by atoms with Gasteiger partial charge in [-0.25, -0.2) is 9.78 Å². The molecule has 2 aromatic rings. The number of hydrogen-bond acceptors (Lipinski definition) is 5. The highest BCUT2D eigenvalue weighted by molar-refractivity contribution is 5.75. The third kappa shape index (κ3) is 3.76. The van der Waals surface area contributed by atoms with Gasteiger partial charge in [0.2, 0.25) is 0 Å². The van der Waals surface area contributed by atoms with Gasteiger partial charge in [0.05, 0.1) is 19.7 Å². The zero-order valence-electron chi connectivity index (χ0n) is 17.3. The monoisotopic (exact) mass is 392 g/mol. The van der Waals surface area contributed by atoms with Crippen molar-refractivity contribution < 1.29 is 14.4 Å². The molecule has 154 valence electrons. The van der Waals surface area contributed by atoms with E-state index in [0.717, 1.165) is 17.7 Å². The summed E-state index contributed by atoms with van der Waals surface area (Å²) < 4.78 is 9.14. The van der Waals surface area contributed by atoms with Crippen LogP contribution in [0, 0.1) is 11.8 Å². The lowest BCUT2D eigenvalue weighted by Crippen LogP contribution is -3.13. The predicted molar refractivity (Wildman–Crippen MR) is 104 cm³/mol. The lowest BCUT2D eigenvalue weighted by atomic mass is 9.92. The summed E-state index contributed by atoms with van der Waals surface area (Å²) in [4.78, 5) is 43.3. The smallest absolute Gasteiger partial charge is 0.332 e. The molecule has 1 saturated heterocycles. The van der Waals surface area contributed by atoms with Gasteiger partial charge in [0.15, 0.2) is 17.0 Å². The number of nitrogens with zero attached hydrogens (tertiary/aromatic N) is 4. The molecular formula is C19H30N5O4+. The SMILES string of the molecule is CCOC(=O)Cn1c(C[NH+]2C[C@@H](C)C[C@H](C)C2)nc2c1c(=O)n(C)c(=O)n2C. The number of carbonyl (C=O) groups excluding carboxylic acids is 1. The summed E-state index contributed by atoms with van der Waals surface area (Å²) in [7, 11) is 3.03. The molecule has 0 spiro atoms. The topological polar surface area (TPSA) is 92.6 Å². The van der Waals surface area contributed by atoms with E-state index < -0.39 is 17.2 Å². The normalized spacial score (nSPS) is 22.5. The zero-order chi connectivity index (χ0) is 20.6. The number of quaternary nitrogens is 1. The lowest BCUT2D eigenvalue weighted by Gasteiger charge is -2.31. The summed E-state index contributed by atoms with van der Waals surface area (Å²) in [5.41, 5.74) is -0.302. The van der Waals surface area contributed by atoms with Crippen LogP contribution in [0.5, 0.6) is 0 Å². The molecule has 2 atom stereocenters. The lowest BCUT2D eigenvalue weighted by molar-refractivity contribution is -0.926. The minimum atomic E-state index is -0.448. The van der Waals surface area contributed by atoms with Crippen LogP contribution in [0.2, 0.25) is 0 Å². The summed E-state index contributed by atoms with van der Waals surface area (Å²) in [6.07, 6.45) is 1.21. The van der Waals surface area contributed by atoms with Crippen molar-refractivity contribution in [1.29, 1.82) is 0 Å². The number of nitrogens with one attached hydrogen (secondary N) is 1. The van der Waals surface area contributed by atoms with E-state index in [1.807, 2.05) is 0 Å². The number of rotatable bonds is 5. The summed E-state index contributed by atoms with van der Waals surface area (Å²) >= 11 is 0. The fraction of sp³-hybridized carbons (Fsp3) is 0.684. The van der Waals surface area contributed by atoms with Gasteiger partial charge < -0.3 is 14.2 Å². The van der Waals surface area contributed by atoms with Crippen molar-refractivity contribution in [2.24, 2.45) is 25.9 Å².